The number of hydrogen-bond donors (Lipinski definition) is 0. The topological polar surface area (TPSA) is 18.5 Å². The van der Waals surface area contributed by atoms with Gasteiger partial charge in [-0.05, 0) is 31.0 Å². The van der Waals surface area contributed by atoms with Crippen LogP contribution in [0.4, 0.5) is 0 Å². The number of halogens is 2. The zero-order valence-electron chi connectivity index (χ0n) is 10.7. The van der Waals surface area contributed by atoms with Crippen molar-refractivity contribution >= 4 is 23.2 Å². The molecule has 100 valence electrons. The highest BCUT2D eigenvalue weighted by molar-refractivity contribution is 6.32. The zero-order valence-corrected chi connectivity index (χ0v) is 12.2. The summed E-state index contributed by atoms with van der Waals surface area (Å²) >= 11 is 12.3. The predicted molar refractivity (Wildman–Crippen MR) is 74.9 cm³/mol. The van der Waals surface area contributed by atoms with E-state index < -0.39 is 0 Å². The van der Waals surface area contributed by atoms with Gasteiger partial charge < -0.3 is 9.47 Å². The molecule has 4 heteroatoms. The van der Waals surface area contributed by atoms with Crippen LogP contribution in [0.3, 0.4) is 0 Å². The second-order valence-corrected chi connectivity index (χ2v) is 5.65. The van der Waals surface area contributed by atoms with Crippen LogP contribution in [0.15, 0.2) is 18.2 Å². The Balaban J connectivity index is 1.96. The molecule has 0 saturated heterocycles. The fraction of sp³-hybridized carbons (Fsp3) is 0.571. The van der Waals surface area contributed by atoms with E-state index >= 15 is 0 Å². The van der Waals surface area contributed by atoms with Gasteiger partial charge in [-0.25, -0.2) is 0 Å². The number of alkyl halides is 1. The predicted octanol–water partition coefficient (Wildman–Crippen LogP) is 4.20. The normalized spacial score (nSPS) is 26.8. The van der Waals surface area contributed by atoms with Crippen LogP contribution in [0, 0.1) is 6.92 Å². The molecule has 0 aliphatic heterocycles. The van der Waals surface area contributed by atoms with Crippen LogP contribution in [0.5, 0.6) is 5.75 Å². The molecule has 18 heavy (non-hydrogen) atoms. The van der Waals surface area contributed by atoms with Crippen LogP contribution < -0.4 is 4.74 Å². The molecule has 2 nitrogen and oxygen atoms in total. The minimum absolute atomic E-state index is 0.0132. The number of rotatable bonds is 5. The van der Waals surface area contributed by atoms with Crippen molar-refractivity contribution < 1.29 is 9.47 Å². The van der Waals surface area contributed by atoms with Gasteiger partial charge in [0.05, 0.1) is 10.4 Å². The first kappa shape index (κ1) is 14.0. The molecule has 1 aliphatic rings. The van der Waals surface area contributed by atoms with Gasteiger partial charge in [-0.1, -0.05) is 24.6 Å². The molecule has 0 heterocycles. The first-order valence-corrected chi connectivity index (χ1v) is 7.11. The van der Waals surface area contributed by atoms with Crippen molar-refractivity contribution in [3.05, 3.63) is 28.8 Å². The van der Waals surface area contributed by atoms with Crippen LogP contribution in [-0.2, 0) is 4.74 Å². The molecule has 0 aromatic heterocycles. The standard InChI is InChI=1S/C14H18Cl2O2/c1-3-6-17-14-11(16)8-13(14)18-12-5-4-9(2)7-10(12)15/h4-5,7,11,13-14H,3,6,8H2,1-2H3. The van der Waals surface area contributed by atoms with E-state index in [1.54, 1.807) is 0 Å². The summed E-state index contributed by atoms with van der Waals surface area (Å²) in [6.45, 7) is 4.80. The lowest BCUT2D eigenvalue weighted by Crippen LogP contribution is -2.52. The molecule has 1 fully saturated rings. The van der Waals surface area contributed by atoms with E-state index in [2.05, 4.69) is 6.92 Å². The quantitative estimate of drug-likeness (QED) is 0.756. The van der Waals surface area contributed by atoms with Crippen LogP contribution in [0.25, 0.3) is 0 Å². The molecule has 0 radical (unpaired) electrons. The van der Waals surface area contributed by atoms with Gasteiger partial charge in [-0.2, -0.15) is 0 Å². The maximum absolute atomic E-state index is 6.14. The van der Waals surface area contributed by atoms with Crippen LogP contribution in [-0.4, -0.2) is 24.2 Å². The molecule has 0 spiro atoms. The van der Waals surface area contributed by atoms with Gasteiger partial charge in [0.1, 0.15) is 18.0 Å². The molecule has 1 aromatic carbocycles. The van der Waals surface area contributed by atoms with Gasteiger partial charge in [-0.3, -0.25) is 0 Å². The third-order valence-electron chi connectivity index (χ3n) is 3.06. The smallest absolute Gasteiger partial charge is 0.138 e. The van der Waals surface area contributed by atoms with Gasteiger partial charge >= 0.3 is 0 Å². The number of benzene rings is 1. The Kier molecular flexibility index (Phi) is 4.77. The summed E-state index contributed by atoms with van der Waals surface area (Å²) in [6, 6.07) is 5.78. The molecule has 0 amide bonds. The van der Waals surface area contributed by atoms with E-state index in [4.69, 9.17) is 32.7 Å². The van der Waals surface area contributed by atoms with E-state index in [-0.39, 0.29) is 17.6 Å². The Morgan fingerprint density at radius 3 is 2.78 bits per heavy atom. The molecular formula is C14H18Cl2O2. The van der Waals surface area contributed by atoms with Crippen molar-refractivity contribution in [2.45, 2.75) is 44.3 Å². The molecule has 1 aliphatic carbocycles. The summed E-state index contributed by atoms with van der Waals surface area (Å²) < 4.78 is 11.6. The third-order valence-corrected chi connectivity index (χ3v) is 3.78. The highest BCUT2D eigenvalue weighted by Crippen LogP contribution is 2.35. The van der Waals surface area contributed by atoms with Crippen molar-refractivity contribution in [2.24, 2.45) is 0 Å². The summed E-state index contributed by atoms with van der Waals surface area (Å²) in [6.07, 6.45) is 1.78. The molecule has 0 N–H and O–H groups in total. The number of ether oxygens (including phenoxy) is 2. The number of hydrogen-bond acceptors (Lipinski definition) is 2. The molecular weight excluding hydrogens is 271 g/mol. The van der Waals surface area contributed by atoms with E-state index in [0.717, 1.165) is 25.0 Å². The summed E-state index contributed by atoms with van der Waals surface area (Å²) in [5, 5.41) is 0.688. The third kappa shape index (κ3) is 3.11. The van der Waals surface area contributed by atoms with E-state index in [0.29, 0.717) is 10.8 Å². The molecule has 1 saturated carbocycles. The molecule has 2 rings (SSSR count). The minimum atomic E-state index is -0.0241. The Labute approximate surface area is 118 Å². The molecule has 3 unspecified atom stereocenters. The average Bonchev–Trinajstić information content (AvgIpc) is 2.32. The Morgan fingerprint density at radius 1 is 1.39 bits per heavy atom. The van der Waals surface area contributed by atoms with Crippen LogP contribution in [0.1, 0.15) is 25.3 Å². The minimum Gasteiger partial charge on any atom is -0.486 e. The summed E-state index contributed by atoms with van der Waals surface area (Å²) in [4.78, 5) is 0. The SMILES string of the molecule is CCCOC1C(Cl)CC1Oc1ccc(C)cc1Cl. The van der Waals surface area contributed by atoms with Gasteiger partial charge in [0, 0.05) is 13.0 Å². The highest BCUT2D eigenvalue weighted by atomic mass is 35.5. The Bertz CT molecular complexity index is 409. The maximum atomic E-state index is 6.14. The van der Waals surface area contributed by atoms with Crippen LogP contribution >= 0.6 is 23.2 Å². The van der Waals surface area contributed by atoms with Crippen LogP contribution in [0.2, 0.25) is 5.02 Å². The lowest BCUT2D eigenvalue weighted by atomic mass is 9.91. The van der Waals surface area contributed by atoms with E-state index in [9.17, 15) is 0 Å². The monoisotopic (exact) mass is 288 g/mol. The summed E-state index contributed by atoms with van der Waals surface area (Å²) in [5.74, 6) is 0.709. The lowest BCUT2D eigenvalue weighted by molar-refractivity contribution is -0.0797. The fourth-order valence-electron chi connectivity index (χ4n) is 1.97. The second-order valence-electron chi connectivity index (χ2n) is 4.68. The molecule has 0 bridgehead atoms. The van der Waals surface area contributed by atoms with Crippen molar-refractivity contribution in [2.75, 3.05) is 6.61 Å². The van der Waals surface area contributed by atoms with Crippen molar-refractivity contribution in [1.29, 1.82) is 0 Å². The summed E-state index contributed by atoms with van der Waals surface area (Å²) in [5.41, 5.74) is 1.12. The first-order chi connectivity index (χ1) is 8.61. The van der Waals surface area contributed by atoms with E-state index in [1.165, 1.54) is 0 Å². The molecule has 1 aromatic rings. The lowest BCUT2D eigenvalue weighted by Gasteiger charge is -2.40. The van der Waals surface area contributed by atoms with E-state index in [1.807, 2.05) is 25.1 Å². The fourth-order valence-corrected chi connectivity index (χ4v) is 2.66. The maximum Gasteiger partial charge on any atom is 0.138 e. The van der Waals surface area contributed by atoms with Gasteiger partial charge in [0.2, 0.25) is 0 Å². The zero-order chi connectivity index (χ0) is 13.1. The second kappa shape index (κ2) is 6.14. The Hall–Kier alpha value is -0.440. The largest absolute Gasteiger partial charge is 0.486 e. The van der Waals surface area contributed by atoms with Gasteiger partial charge in [0.15, 0.2) is 0 Å². The summed E-state index contributed by atoms with van der Waals surface area (Å²) in [7, 11) is 0. The molecule has 3 atom stereocenters. The van der Waals surface area contributed by atoms with Crippen molar-refractivity contribution in [3.63, 3.8) is 0 Å². The number of aryl methyl sites for hydroxylation is 1. The van der Waals surface area contributed by atoms with Gasteiger partial charge in [0.25, 0.3) is 0 Å². The first-order valence-electron chi connectivity index (χ1n) is 6.30. The highest BCUT2D eigenvalue weighted by Gasteiger charge is 2.42. The Morgan fingerprint density at radius 2 is 2.17 bits per heavy atom. The van der Waals surface area contributed by atoms with Crippen molar-refractivity contribution in [1.82, 2.24) is 0 Å². The average molecular weight is 289 g/mol. The van der Waals surface area contributed by atoms with Gasteiger partial charge in [-0.15, -0.1) is 11.6 Å². The van der Waals surface area contributed by atoms with Crippen molar-refractivity contribution in [3.8, 4) is 5.75 Å².